The van der Waals surface area contributed by atoms with Gasteiger partial charge in [0.05, 0.1) is 0 Å². The summed E-state index contributed by atoms with van der Waals surface area (Å²) in [6, 6.07) is 4.06. The van der Waals surface area contributed by atoms with E-state index in [0.29, 0.717) is 13.2 Å². The lowest BCUT2D eigenvalue weighted by atomic mass is 10.1. The summed E-state index contributed by atoms with van der Waals surface area (Å²) in [4.78, 5) is 2.08. The van der Waals surface area contributed by atoms with Crippen LogP contribution in [0.4, 0.5) is 5.69 Å². The Labute approximate surface area is 84.2 Å². The second kappa shape index (κ2) is 3.40. The van der Waals surface area contributed by atoms with Crippen LogP contribution in [0.1, 0.15) is 5.56 Å². The molecule has 76 valence electrons. The van der Waals surface area contributed by atoms with Crippen LogP contribution in [0, 0.1) is 6.92 Å². The maximum absolute atomic E-state index is 5.52. The third-order valence-electron chi connectivity index (χ3n) is 2.34. The average molecular weight is 193 g/mol. The normalized spacial score (nSPS) is 13.9. The summed E-state index contributed by atoms with van der Waals surface area (Å²) in [7, 11) is 4.05. The first-order valence-corrected chi connectivity index (χ1v) is 4.76. The Balaban J connectivity index is 2.45. The number of rotatable bonds is 1. The van der Waals surface area contributed by atoms with Gasteiger partial charge in [0.1, 0.15) is 13.2 Å². The molecule has 1 aliphatic heterocycles. The Bertz CT molecular complexity index is 347. The minimum atomic E-state index is 0.642. The molecular formula is C11H15NO2. The molecule has 1 heterocycles. The molecule has 14 heavy (non-hydrogen) atoms. The highest BCUT2D eigenvalue weighted by Crippen LogP contribution is 2.35. The van der Waals surface area contributed by atoms with E-state index in [0.717, 1.165) is 11.5 Å². The third kappa shape index (κ3) is 1.50. The quantitative estimate of drug-likeness (QED) is 0.679. The molecule has 1 aromatic carbocycles. The first kappa shape index (κ1) is 9.19. The Kier molecular flexibility index (Phi) is 2.23. The Morgan fingerprint density at radius 1 is 1.07 bits per heavy atom. The number of fused-ring (bicyclic) bond motifs is 1. The lowest BCUT2D eigenvalue weighted by molar-refractivity contribution is 0.171. The highest BCUT2D eigenvalue weighted by Gasteiger charge is 2.14. The molecule has 0 N–H and O–H groups in total. The number of hydrogen-bond donors (Lipinski definition) is 0. The molecule has 0 radical (unpaired) electrons. The molecule has 0 fully saturated rings. The molecule has 3 heteroatoms. The number of hydrogen-bond acceptors (Lipinski definition) is 3. The summed E-state index contributed by atoms with van der Waals surface area (Å²) < 4.78 is 11.0. The SMILES string of the molecule is Cc1cc2c(cc1N(C)C)OCCO2. The molecule has 0 aromatic heterocycles. The van der Waals surface area contributed by atoms with Crippen LogP contribution < -0.4 is 14.4 Å². The van der Waals surface area contributed by atoms with Gasteiger partial charge >= 0.3 is 0 Å². The fraction of sp³-hybridized carbons (Fsp3) is 0.455. The topological polar surface area (TPSA) is 21.7 Å². The zero-order chi connectivity index (χ0) is 10.1. The molecule has 0 saturated carbocycles. The van der Waals surface area contributed by atoms with Crippen LogP contribution in [0.3, 0.4) is 0 Å². The summed E-state index contributed by atoms with van der Waals surface area (Å²) in [5.41, 5.74) is 2.38. The predicted octanol–water partition coefficient (Wildman–Crippen LogP) is 1.83. The van der Waals surface area contributed by atoms with Crippen molar-refractivity contribution in [1.29, 1.82) is 0 Å². The molecule has 0 amide bonds. The van der Waals surface area contributed by atoms with Crippen LogP contribution in [-0.4, -0.2) is 27.3 Å². The number of benzene rings is 1. The second-order valence-electron chi connectivity index (χ2n) is 3.68. The summed E-state index contributed by atoms with van der Waals surface area (Å²) >= 11 is 0. The van der Waals surface area contributed by atoms with Crippen molar-refractivity contribution in [3.05, 3.63) is 17.7 Å². The molecule has 0 atom stereocenters. The first-order chi connectivity index (χ1) is 6.68. The number of anilines is 1. The minimum absolute atomic E-state index is 0.642. The largest absolute Gasteiger partial charge is 0.486 e. The zero-order valence-electron chi connectivity index (χ0n) is 8.83. The molecule has 0 bridgehead atoms. The van der Waals surface area contributed by atoms with Gasteiger partial charge in [-0.1, -0.05) is 0 Å². The molecule has 1 aromatic rings. The monoisotopic (exact) mass is 193 g/mol. The van der Waals surface area contributed by atoms with Crippen LogP contribution in [0.2, 0.25) is 0 Å². The standard InChI is InChI=1S/C11H15NO2/c1-8-6-10-11(14-5-4-13-10)7-9(8)12(2)3/h6-7H,4-5H2,1-3H3. The van der Waals surface area contributed by atoms with Crippen LogP contribution in [0.5, 0.6) is 11.5 Å². The van der Waals surface area contributed by atoms with E-state index in [9.17, 15) is 0 Å². The molecule has 0 saturated heterocycles. The summed E-state index contributed by atoms with van der Waals surface area (Å²) in [6.07, 6.45) is 0. The van der Waals surface area contributed by atoms with E-state index in [2.05, 4.69) is 11.8 Å². The van der Waals surface area contributed by atoms with Crippen molar-refractivity contribution in [3.63, 3.8) is 0 Å². The van der Waals surface area contributed by atoms with E-state index in [4.69, 9.17) is 9.47 Å². The van der Waals surface area contributed by atoms with Gasteiger partial charge in [0.15, 0.2) is 11.5 Å². The van der Waals surface area contributed by atoms with Crippen molar-refractivity contribution < 1.29 is 9.47 Å². The predicted molar refractivity (Wildman–Crippen MR) is 56.5 cm³/mol. The highest BCUT2D eigenvalue weighted by atomic mass is 16.6. The van der Waals surface area contributed by atoms with Gasteiger partial charge in [-0.05, 0) is 18.6 Å². The first-order valence-electron chi connectivity index (χ1n) is 4.76. The Hall–Kier alpha value is -1.38. The molecule has 0 spiro atoms. The van der Waals surface area contributed by atoms with Crippen molar-refractivity contribution in [1.82, 2.24) is 0 Å². The maximum atomic E-state index is 5.52. The molecule has 1 aliphatic rings. The van der Waals surface area contributed by atoms with E-state index in [1.807, 2.05) is 26.2 Å². The second-order valence-corrected chi connectivity index (χ2v) is 3.68. The smallest absolute Gasteiger partial charge is 0.163 e. The van der Waals surface area contributed by atoms with E-state index in [1.54, 1.807) is 0 Å². The molecule has 0 unspecified atom stereocenters. The fourth-order valence-electron chi connectivity index (χ4n) is 1.66. The van der Waals surface area contributed by atoms with Gasteiger partial charge in [0, 0.05) is 25.8 Å². The van der Waals surface area contributed by atoms with E-state index in [-0.39, 0.29) is 0 Å². The van der Waals surface area contributed by atoms with E-state index < -0.39 is 0 Å². The van der Waals surface area contributed by atoms with Gasteiger partial charge in [-0.2, -0.15) is 0 Å². The lowest BCUT2D eigenvalue weighted by Gasteiger charge is -2.22. The van der Waals surface area contributed by atoms with Gasteiger partial charge in [0.25, 0.3) is 0 Å². The van der Waals surface area contributed by atoms with E-state index >= 15 is 0 Å². The van der Waals surface area contributed by atoms with Gasteiger partial charge in [-0.15, -0.1) is 0 Å². The van der Waals surface area contributed by atoms with Crippen LogP contribution in [-0.2, 0) is 0 Å². The Morgan fingerprint density at radius 3 is 2.21 bits per heavy atom. The Morgan fingerprint density at radius 2 is 1.64 bits per heavy atom. The highest BCUT2D eigenvalue weighted by molar-refractivity contribution is 5.61. The fourth-order valence-corrected chi connectivity index (χ4v) is 1.66. The zero-order valence-corrected chi connectivity index (χ0v) is 8.83. The van der Waals surface area contributed by atoms with Gasteiger partial charge < -0.3 is 14.4 Å². The number of aryl methyl sites for hydroxylation is 1. The van der Waals surface area contributed by atoms with Crippen molar-refractivity contribution in [2.24, 2.45) is 0 Å². The summed E-state index contributed by atoms with van der Waals surface area (Å²) in [5.74, 6) is 1.71. The summed E-state index contributed by atoms with van der Waals surface area (Å²) in [5, 5.41) is 0. The van der Waals surface area contributed by atoms with Crippen molar-refractivity contribution >= 4 is 5.69 Å². The lowest BCUT2D eigenvalue weighted by Crippen LogP contribution is -2.17. The summed E-state index contributed by atoms with van der Waals surface area (Å²) in [6.45, 7) is 3.37. The van der Waals surface area contributed by atoms with E-state index in [1.165, 1.54) is 11.3 Å². The molecular weight excluding hydrogens is 178 g/mol. The number of nitrogens with zero attached hydrogens (tertiary/aromatic N) is 1. The van der Waals surface area contributed by atoms with Crippen molar-refractivity contribution in [2.45, 2.75) is 6.92 Å². The van der Waals surface area contributed by atoms with Crippen LogP contribution >= 0.6 is 0 Å². The molecule has 2 rings (SSSR count). The van der Waals surface area contributed by atoms with Crippen molar-refractivity contribution in [3.8, 4) is 11.5 Å². The van der Waals surface area contributed by atoms with Gasteiger partial charge in [0.2, 0.25) is 0 Å². The van der Waals surface area contributed by atoms with Gasteiger partial charge in [-0.25, -0.2) is 0 Å². The average Bonchev–Trinajstić information content (AvgIpc) is 2.16. The third-order valence-corrected chi connectivity index (χ3v) is 2.34. The van der Waals surface area contributed by atoms with Crippen molar-refractivity contribution in [2.75, 3.05) is 32.2 Å². The number of ether oxygens (including phenoxy) is 2. The minimum Gasteiger partial charge on any atom is -0.486 e. The maximum Gasteiger partial charge on any atom is 0.163 e. The van der Waals surface area contributed by atoms with Crippen LogP contribution in [0.25, 0.3) is 0 Å². The van der Waals surface area contributed by atoms with Gasteiger partial charge in [-0.3, -0.25) is 0 Å². The molecule has 0 aliphatic carbocycles. The molecule has 3 nitrogen and oxygen atoms in total. The van der Waals surface area contributed by atoms with Crippen LogP contribution in [0.15, 0.2) is 12.1 Å².